The number of carboxylic acids is 1. The monoisotopic (exact) mass is 375 g/mol. The predicted octanol–water partition coefficient (Wildman–Crippen LogP) is 3.85. The summed E-state index contributed by atoms with van der Waals surface area (Å²) in [5.41, 5.74) is 1.94. The number of rotatable bonds is 4. The van der Waals surface area contributed by atoms with Crippen LogP contribution in [0, 0.1) is 0 Å². The molecule has 1 aliphatic rings. The number of halogens is 1. The highest BCUT2D eigenvalue weighted by molar-refractivity contribution is 6.31. The van der Waals surface area contributed by atoms with E-state index in [1.54, 1.807) is 24.3 Å². The number of methoxy groups -OCH3 is 1. The first-order valence-electron chi connectivity index (χ1n) is 8.13. The number of anilines is 1. The number of hydrogen-bond donors (Lipinski definition) is 2. The van der Waals surface area contributed by atoms with Crippen LogP contribution in [0.25, 0.3) is 0 Å². The standard InChI is InChI=1S/C18H18ClN3O4/c1-3-6-13-15(17(23)24)14(10-7-4-5-8-12(10)19)11-9-20-22(16(11)21-13)18(25)26-2/h4-5,7-9,14,21H,3,6H2,1-2H3,(H,23,24). The minimum atomic E-state index is -1.04. The van der Waals surface area contributed by atoms with E-state index < -0.39 is 18.0 Å². The highest BCUT2D eigenvalue weighted by atomic mass is 35.5. The Morgan fingerprint density at radius 3 is 2.69 bits per heavy atom. The maximum atomic E-state index is 12.1. The van der Waals surface area contributed by atoms with Crippen molar-refractivity contribution in [2.45, 2.75) is 25.7 Å². The summed E-state index contributed by atoms with van der Waals surface area (Å²) < 4.78 is 5.85. The Morgan fingerprint density at radius 1 is 1.35 bits per heavy atom. The molecule has 0 saturated carbocycles. The number of allylic oxidation sites excluding steroid dienone is 1. The maximum absolute atomic E-state index is 12.1. The molecule has 26 heavy (non-hydrogen) atoms. The molecule has 1 atom stereocenters. The molecule has 0 radical (unpaired) electrons. The quantitative estimate of drug-likeness (QED) is 0.843. The van der Waals surface area contributed by atoms with Crippen LogP contribution in [-0.4, -0.2) is 34.1 Å². The molecule has 3 rings (SSSR count). The fourth-order valence-electron chi connectivity index (χ4n) is 3.19. The first-order valence-corrected chi connectivity index (χ1v) is 8.51. The predicted molar refractivity (Wildman–Crippen MR) is 96.5 cm³/mol. The van der Waals surface area contributed by atoms with Gasteiger partial charge < -0.3 is 15.2 Å². The maximum Gasteiger partial charge on any atom is 0.436 e. The van der Waals surface area contributed by atoms with Gasteiger partial charge in [-0.05, 0) is 18.1 Å². The smallest absolute Gasteiger partial charge is 0.436 e. The Hall–Kier alpha value is -2.80. The summed E-state index contributed by atoms with van der Waals surface area (Å²) >= 11 is 6.36. The van der Waals surface area contributed by atoms with Gasteiger partial charge in [-0.1, -0.05) is 43.1 Å². The average molecular weight is 376 g/mol. The lowest BCUT2D eigenvalue weighted by Crippen LogP contribution is -2.26. The number of carbonyl (C=O) groups is 2. The van der Waals surface area contributed by atoms with Gasteiger partial charge in [-0.2, -0.15) is 5.10 Å². The van der Waals surface area contributed by atoms with Gasteiger partial charge in [-0.3, -0.25) is 0 Å². The number of hydrogen-bond acceptors (Lipinski definition) is 5. The molecule has 0 bridgehead atoms. The van der Waals surface area contributed by atoms with Crippen LogP contribution in [0.3, 0.4) is 0 Å². The van der Waals surface area contributed by atoms with E-state index in [-0.39, 0.29) is 5.57 Å². The molecule has 1 aromatic carbocycles. The van der Waals surface area contributed by atoms with Crippen LogP contribution in [0.15, 0.2) is 41.7 Å². The Morgan fingerprint density at radius 2 is 2.08 bits per heavy atom. The minimum absolute atomic E-state index is 0.205. The molecule has 0 amide bonds. The van der Waals surface area contributed by atoms with Crippen molar-refractivity contribution >= 4 is 29.5 Å². The Labute approximate surface area is 155 Å². The van der Waals surface area contributed by atoms with E-state index in [4.69, 9.17) is 16.3 Å². The number of nitrogens with one attached hydrogen (secondary N) is 1. The van der Waals surface area contributed by atoms with Crippen LogP contribution in [0.5, 0.6) is 0 Å². The zero-order valence-corrected chi connectivity index (χ0v) is 15.1. The summed E-state index contributed by atoms with van der Waals surface area (Å²) in [6.45, 7) is 1.95. The fourth-order valence-corrected chi connectivity index (χ4v) is 3.44. The SMILES string of the molecule is CCCC1=C(C(=O)O)C(c2ccccc2Cl)c2cnn(C(=O)OC)c2N1. The molecule has 8 heteroatoms. The molecule has 1 aromatic heterocycles. The van der Waals surface area contributed by atoms with Crippen molar-refractivity contribution in [1.29, 1.82) is 0 Å². The molecule has 0 aliphatic carbocycles. The molecule has 1 aliphatic heterocycles. The third-order valence-corrected chi connectivity index (χ3v) is 4.63. The van der Waals surface area contributed by atoms with Crippen molar-refractivity contribution in [3.05, 3.63) is 57.9 Å². The molecule has 1 unspecified atom stereocenters. The first-order chi connectivity index (χ1) is 12.5. The summed E-state index contributed by atoms with van der Waals surface area (Å²) in [7, 11) is 1.26. The van der Waals surface area contributed by atoms with E-state index in [0.717, 1.165) is 11.1 Å². The number of carbonyl (C=O) groups excluding carboxylic acids is 1. The topological polar surface area (TPSA) is 93.5 Å². The van der Waals surface area contributed by atoms with Crippen LogP contribution in [0.1, 0.15) is 36.8 Å². The number of carboxylic acid groups (broad SMARTS) is 1. The van der Waals surface area contributed by atoms with Crippen LogP contribution >= 0.6 is 11.6 Å². The van der Waals surface area contributed by atoms with Crippen molar-refractivity contribution in [1.82, 2.24) is 9.78 Å². The second-order valence-electron chi connectivity index (χ2n) is 5.86. The van der Waals surface area contributed by atoms with Gasteiger partial charge in [0.15, 0.2) is 0 Å². The molecular formula is C18H18ClN3O4. The van der Waals surface area contributed by atoms with E-state index in [1.165, 1.54) is 13.3 Å². The lowest BCUT2D eigenvalue weighted by molar-refractivity contribution is -0.133. The fraction of sp³-hybridized carbons (Fsp3) is 0.278. The third kappa shape index (κ3) is 2.94. The molecular weight excluding hydrogens is 358 g/mol. The Kier molecular flexibility index (Phi) is 4.99. The average Bonchev–Trinajstić information content (AvgIpc) is 3.04. The normalized spacial score (nSPS) is 16.0. The van der Waals surface area contributed by atoms with Gasteiger partial charge in [-0.15, -0.1) is 4.68 Å². The van der Waals surface area contributed by atoms with Crippen molar-refractivity contribution in [3.8, 4) is 0 Å². The van der Waals surface area contributed by atoms with Gasteiger partial charge in [0.2, 0.25) is 0 Å². The van der Waals surface area contributed by atoms with Crippen LogP contribution < -0.4 is 5.32 Å². The van der Waals surface area contributed by atoms with Gasteiger partial charge >= 0.3 is 12.1 Å². The van der Waals surface area contributed by atoms with Gasteiger partial charge in [0.1, 0.15) is 5.82 Å². The van der Waals surface area contributed by atoms with Crippen molar-refractivity contribution < 1.29 is 19.4 Å². The summed E-state index contributed by atoms with van der Waals surface area (Å²) in [6.07, 6.45) is 2.05. The van der Waals surface area contributed by atoms with E-state index in [9.17, 15) is 14.7 Å². The van der Waals surface area contributed by atoms with Crippen molar-refractivity contribution in [2.75, 3.05) is 12.4 Å². The van der Waals surface area contributed by atoms with E-state index >= 15 is 0 Å². The number of benzene rings is 1. The highest BCUT2D eigenvalue weighted by Crippen LogP contribution is 2.44. The van der Waals surface area contributed by atoms with Gasteiger partial charge in [0, 0.05) is 22.2 Å². The second kappa shape index (κ2) is 7.21. The second-order valence-corrected chi connectivity index (χ2v) is 6.26. The number of aliphatic carboxylic acids is 1. The summed E-state index contributed by atoms with van der Waals surface area (Å²) in [6, 6.07) is 7.07. The zero-order valence-electron chi connectivity index (χ0n) is 14.3. The van der Waals surface area contributed by atoms with Gasteiger partial charge in [0.25, 0.3) is 0 Å². The third-order valence-electron chi connectivity index (χ3n) is 4.29. The number of ether oxygens (including phenoxy) is 1. The largest absolute Gasteiger partial charge is 0.478 e. The van der Waals surface area contributed by atoms with Gasteiger partial charge in [-0.25, -0.2) is 9.59 Å². The zero-order chi connectivity index (χ0) is 18.8. The van der Waals surface area contributed by atoms with Crippen LogP contribution in [-0.2, 0) is 9.53 Å². The van der Waals surface area contributed by atoms with Crippen LogP contribution in [0.4, 0.5) is 10.6 Å². The molecule has 0 fully saturated rings. The molecule has 0 saturated heterocycles. The molecule has 136 valence electrons. The van der Waals surface area contributed by atoms with E-state index in [0.29, 0.717) is 34.1 Å². The molecule has 2 aromatic rings. The summed E-state index contributed by atoms with van der Waals surface area (Å²) in [5.74, 6) is -1.28. The summed E-state index contributed by atoms with van der Waals surface area (Å²) in [5, 5.41) is 17.5. The molecule has 7 nitrogen and oxygen atoms in total. The number of nitrogens with zero attached hydrogens (tertiary/aromatic N) is 2. The Bertz CT molecular complexity index is 904. The Balaban J connectivity index is 2.27. The number of aromatic nitrogens is 2. The lowest BCUT2D eigenvalue weighted by atomic mass is 9.82. The number of fused-ring (bicyclic) bond motifs is 1. The molecule has 0 spiro atoms. The van der Waals surface area contributed by atoms with Crippen molar-refractivity contribution in [2.24, 2.45) is 0 Å². The minimum Gasteiger partial charge on any atom is -0.478 e. The molecule has 2 heterocycles. The molecule has 2 N–H and O–H groups in total. The lowest BCUT2D eigenvalue weighted by Gasteiger charge is -2.28. The van der Waals surface area contributed by atoms with Gasteiger partial charge in [0.05, 0.1) is 18.9 Å². The van der Waals surface area contributed by atoms with E-state index in [1.807, 2.05) is 6.92 Å². The van der Waals surface area contributed by atoms with Crippen LogP contribution in [0.2, 0.25) is 5.02 Å². The first kappa shape index (κ1) is 18.0. The summed E-state index contributed by atoms with van der Waals surface area (Å²) in [4.78, 5) is 24.1. The van der Waals surface area contributed by atoms with Crippen molar-refractivity contribution in [3.63, 3.8) is 0 Å². The highest BCUT2D eigenvalue weighted by Gasteiger charge is 2.37. The van der Waals surface area contributed by atoms with E-state index in [2.05, 4.69) is 10.4 Å².